The standard InChI is InChI=1S/C18H14N4O/c23-17-15(10-9-13-3-1-2-4-16(13)17)11-12-5-7-14(8-6-12)18-19-21-22-20-18/h1-8,11H,9-10H2,(H,19,20,21,22). The summed E-state index contributed by atoms with van der Waals surface area (Å²) in [5, 5.41) is 13.9. The fraction of sp³-hybridized carbons (Fsp3) is 0.111. The molecule has 0 amide bonds. The first-order valence-corrected chi connectivity index (χ1v) is 7.48. The second-order valence-corrected chi connectivity index (χ2v) is 5.51. The minimum Gasteiger partial charge on any atom is -0.289 e. The second-order valence-electron chi connectivity index (χ2n) is 5.51. The van der Waals surface area contributed by atoms with Crippen molar-refractivity contribution in [2.75, 3.05) is 0 Å². The highest BCUT2D eigenvalue weighted by Crippen LogP contribution is 2.26. The van der Waals surface area contributed by atoms with E-state index >= 15 is 0 Å². The van der Waals surface area contributed by atoms with Gasteiger partial charge in [0.1, 0.15) is 0 Å². The van der Waals surface area contributed by atoms with Gasteiger partial charge in [0.2, 0.25) is 5.82 Å². The molecule has 0 bridgehead atoms. The molecule has 0 radical (unpaired) electrons. The highest BCUT2D eigenvalue weighted by molar-refractivity contribution is 6.13. The first-order valence-electron chi connectivity index (χ1n) is 7.48. The third-order valence-electron chi connectivity index (χ3n) is 4.07. The summed E-state index contributed by atoms with van der Waals surface area (Å²) < 4.78 is 0. The first kappa shape index (κ1) is 13.6. The number of tetrazole rings is 1. The van der Waals surface area contributed by atoms with E-state index in [0.717, 1.165) is 40.7 Å². The number of ketones is 1. The number of rotatable bonds is 2. The summed E-state index contributed by atoms with van der Waals surface area (Å²) in [7, 11) is 0. The van der Waals surface area contributed by atoms with E-state index in [4.69, 9.17) is 0 Å². The molecular formula is C18H14N4O. The maximum atomic E-state index is 12.6. The maximum absolute atomic E-state index is 12.6. The monoisotopic (exact) mass is 302 g/mol. The second kappa shape index (κ2) is 5.61. The zero-order valence-electron chi connectivity index (χ0n) is 12.4. The Morgan fingerprint density at radius 2 is 1.83 bits per heavy atom. The lowest BCUT2D eigenvalue weighted by Crippen LogP contribution is -2.13. The molecule has 0 saturated carbocycles. The van der Waals surface area contributed by atoms with E-state index in [0.29, 0.717) is 5.82 Å². The number of H-pyrrole nitrogens is 1. The van der Waals surface area contributed by atoms with E-state index < -0.39 is 0 Å². The minimum atomic E-state index is 0.133. The summed E-state index contributed by atoms with van der Waals surface area (Å²) in [4.78, 5) is 12.6. The lowest BCUT2D eigenvalue weighted by atomic mass is 9.86. The van der Waals surface area contributed by atoms with Gasteiger partial charge in [0, 0.05) is 16.7 Å². The van der Waals surface area contributed by atoms with Gasteiger partial charge in [0.15, 0.2) is 5.78 Å². The number of carbonyl (C=O) groups is 1. The Morgan fingerprint density at radius 1 is 1.00 bits per heavy atom. The molecule has 112 valence electrons. The number of carbonyl (C=O) groups excluding carboxylic acids is 1. The SMILES string of the molecule is O=C1C(=Cc2ccc(-c3nn[nH]n3)cc2)CCc2ccccc21. The van der Waals surface area contributed by atoms with E-state index in [1.807, 2.05) is 54.6 Å². The highest BCUT2D eigenvalue weighted by atomic mass is 16.1. The van der Waals surface area contributed by atoms with Crippen molar-refractivity contribution in [3.05, 3.63) is 70.8 Å². The van der Waals surface area contributed by atoms with Crippen molar-refractivity contribution in [3.8, 4) is 11.4 Å². The van der Waals surface area contributed by atoms with Gasteiger partial charge in [-0.2, -0.15) is 5.21 Å². The van der Waals surface area contributed by atoms with Crippen LogP contribution in [0.4, 0.5) is 0 Å². The first-order chi connectivity index (χ1) is 11.3. The molecule has 23 heavy (non-hydrogen) atoms. The fourth-order valence-corrected chi connectivity index (χ4v) is 2.87. The number of aromatic amines is 1. The quantitative estimate of drug-likeness (QED) is 0.738. The van der Waals surface area contributed by atoms with E-state index in [1.165, 1.54) is 0 Å². The Hall–Kier alpha value is -3.08. The molecule has 3 aromatic rings. The van der Waals surface area contributed by atoms with Gasteiger partial charge in [-0.25, -0.2) is 0 Å². The van der Waals surface area contributed by atoms with E-state index in [1.54, 1.807) is 0 Å². The Kier molecular flexibility index (Phi) is 3.31. The summed E-state index contributed by atoms with van der Waals surface area (Å²) in [6.45, 7) is 0. The Labute approximate surface area is 133 Å². The van der Waals surface area contributed by atoms with Gasteiger partial charge in [-0.05, 0) is 35.3 Å². The molecule has 5 heteroatoms. The van der Waals surface area contributed by atoms with Gasteiger partial charge in [-0.3, -0.25) is 4.79 Å². The van der Waals surface area contributed by atoms with Crippen LogP contribution in [0.5, 0.6) is 0 Å². The molecule has 0 unspecified atom stereocenters. The molecule has 0 fully saturated rings. The van der Waals surface area contributed by atoms with Crippen LogP contribution < -0.4 is 0 Å². The number of hydrogen-bond acceptors (Lipinski definition) is 4. The van der Waals surface area contributed by atoms with Crippen LogP contribution >= 0.6 is 0 Å². The van der Waals surface area contributed by atoms with E-state index in [9.17, 15) is 4.79 Å². The molecule has 2 aromatic carbocycles. The highest BCUT2D eigenvalue weighted by Gasteiger charge is 2.21. The predicted octanol–water partition coefficient (Wildman–Crippen LogP) is 3.08. The fourth-order valence-electron chi connectivity index (χ4n) is 2.87. The maximum Gasteiger partial charge on any atom is 0.204 e. The third kappa shape index (κ3) is 2.57. The summed E-state index contributed by atoms with van der Waals surface area (Å²) in [6.07, 6.45) is 3.66. The van der Waals surface area contributed by atoms with Gasteiger partial charge in [0.05, 0.1) is 0 Å². The zero-order chi connectivity index (χ0) is 15.6. The molecular weight excluding hydrogens is 288 g/mol. The molecule has 0 atom stereocenters. The van der Waals surface area contributed by atoms with Crippen molar-refractivity contribution in [2.24, 2.45) is 0 Å². The molecule has 0 spiro atoms. The number of fused-ring (bicyclic) bond motifs is 1. The van der Waals surface area contributed by atoms with Gasteiger partial charge >= 0.3 is 0 Å². The number of hydrogen-bond donors (Lipinski definition) is 1. The van der Waals surface area contributed by atoms with Crippen LogP contribution in [0.2, 0.25) is 0 Å². The van der Waals surface area contributed by atoms with Gasteiger partial charge in [-0.1, -0.05) is 48.5 Å². The molecule has 0 aliphatic heterocycles. The van der Waals surface area contributed by atoms with Gasteiger partial charge in [-0.15, -0.1) is 10.2 Å². The normalized spacial score (nSPS) is 15.7. The number of Topliss-reactive ketones (excluding diaryl/α,β-unsaturated/α-hetero) is 1. The summed E-state index contributed by atoms with van der Waals surface area (Å²) in [5.74, 6) is 0.695. The van der Waals surface area contributed by atoms with E-state index in [2.05, 4.69) is 20.6 Å². The van der Waals surface area contributed by atoms with Gasteiger partial charge < -0.3 is 0 Å². The number of aryl methyl sites for hydroxylation is 1. The molecule has 1 aliphatic carbocycles. The van der Waals surface area contributed by atoms with Crippen LogP contribution in [0.1, 0.15) is 27.9 Å². The molecule has 1 N–H and O–H groups in total. The predicted molar refractivity (Wildman–Crippen MR) is 86.7 cm³/mol. The minimum absolute atomic E-state index is 0.133. The molecule has 1 aliphatic rings. The van der Waals surface area contributed by atoms with Crippen molar-refractivity contribution in [2.45, 2.75) is 12.8 Å². The average Bonchev–Trinajstić information content (AvgIpc) is 3.13. The molecule has 0 saturated heterocycles. The van der Waals surface area contributed by atoms with Crippen LogP contribution in [-0.2, 0) is 6.42 Å². The van der Waals surface area contributed by atoms with Crippen LogP contribution in [0.3, 0.4) is 0 Å². The summed E-state index contributed by atoms with van der Waals surface area (Å²) in [6, 6.07) is 15.6. The van der Waals surface area contributed by atoms with Crippen LogP contribution in [-0.4, -0.2) is 26.4 Å². The van der Waals surface area contributed by atoms with E-state index in [-0.39, 0.29) is 5.78 Å². The zero-order valence-corrected chi connectivity index (χ0v) is 12.4. The third-order valence-corrected chi connectivity index (χ3v) is 4.07. The number of aromatic nitrogens is 4. The van der Waals surface area contributed by atoms with Crippen molar-refractivity contribution < 1.29 is 4.79 Å². The molecule has 5 nitrogen and oxygen atoms in total. The Morgan fingerprint density at radius 3 is 2.61 bits per heavy atom. The van der Waals surface area contributed by atoms with Crippen LogP contribution in [0.25, 0.3) is 17.5 Å². The average molecular weight is 302 g/mol. The van der Waals surface area contributed by atoms with Gasteiger partial charge in [0.25, 0.3) is 0 Å². The number of nitrogens with zero attached hydrogens (tertiary/aromatic N) is 3. The number of nitrogens with one attached hydrogen (secondary N) is 1. The Bertz CT molecular complexity index is 880. The Balaban J connectivity index is 1.62. The number of benzene rings is 2. The largest absolute Gasteiger partial charge is 0.289 e. The van der Waals surface area contributed by atoms with Crippen molar-refractivity contribution in [1.29, 1.82) is 0 Å². The molecule has 1 heterocycles. The van der Waals surface area contributed by atoms with Crippen molar-refractivity contribution in [3.63, 3.8) is 0 Å². The lowest BCUT2D eigenvalue weighted by Gasteiger charge is -2.17. The van der Waals surface area contributed by atoms with Crippen LogP contribution in [0.15, 0.2) is 54.1 Å². The topological polar surface area (TPSA) is 71.5 Å². The van der Waals surface area contributed by atoms with Crippen molar-refractivity contribution in [1.82, 2.24) is 20.6 Å². The van der Waals surface area contributed by atoms with Crippen molar-refractivity contribution >= 4 is 11.9 Å². The van der Waals surface area contributed by atoms with Crippen LogP contribution in [0, 0.1) is 0 Å². The smallest absolute Gasteiger partial charge is 0.204 e. The summed E-state index contributed by atoms with van der Waals surface area (Å²) >= 11 is 0. The molecule has 4 rings (SSSR count). The molecule has 1 aromatic heterocycles. The summed E-state index contributed by atoms with van der Waals surface area (Å²) in [5.41, 5.74) is 4.72. The number of allylic oxidation sites excluding steroid dienone is 1. The lowest BCUT2D eigenvalue weighted by molar-refractivity contribution is 0.102.